The van der Waals surface area contributed by atoms with E-state index in [-0.39, 0.29) is 16.7 Å². The lowest BCUT2D eigenvalue weighted by molar-refractivity contribution is 0.0955. The molecule has 30 heavy (non-hydrogen) atoms. The Morgan fingerprint density at radius 3 is 2.13 bits per heavy atom. The molecule has 0 aromatic heterocycles. The molecule has 0 atom stereocenters. The third-order valence-corrected chi connectivity index (χ3v) is 6.30. The fourth-order valence-electron chi connectivity index (χ4n) is 2.83. The highest BCUT2D eigenvalue weighted by molar-refractivity contribution is 7.89. The number of halogens is 5. The molecule has 1 saturated heterocycles. The molecule has 12 heteroatoms. The molecule has 1 heterocycles. The van der Waals surface area contributed by atoms with Gasteiger partial charge in [0.2, 0.25) is 15.8 Å². The number of rotatable bonds is 5. The summed E-state index contributed by atoms with van der Waals surface area (Å²) in [6.07, 6.45) is 1.72. The van der Waals surface area contributed by atoms with Crippen LogP contribution in [-0.4, -0.2) is 37.9 Å². The number of sulfonamides is 1. The summed E-state index contributed by atoms with van der Waals surface area (Å²) in [5, 5.41) is 3.20. The Morgan fingerprint density at radius 2 is 1.53 bits per heavy atom. The minimum absolute atomic E-state index is 0.124. The van der Waals surface area contributed by atoms with E-state index in [9.17, 15) is 35.2 Å². The van der Waals surface area contributed by atoms with E-state index in [2.05, 4.69) is 5.10 Å². The summed E-state index contributed by atoms with van der Waals surface area (Å²) < 4.78 is 92.9. The molecule has 0 saturated carbocycles. The fourth-order valence-corrected chi connectivity index (χ4v) is 4.39. The third kappa shape index (κ3) is 4.05. The Labute approximate surface area is 168 Å². The van der Waals surface area contributed by atoms with Crippen molar-refractivity contribution in [3.8, 4) is 0 Å². The Hall–Kier alpha value is -2.86. The van der Waals surface area contributed by atoms with Gasteiger partial charge in [0, 0.05) is 18.7 Å². The van der Waals surface area contributed by atoms with E-state index in [1.165, 1.54) is 22.5 Å². The first-order valence-electron chi connectivity index (χ1n) is 8.59. The predicted octanol–water partition coefficient (Wildman–Crippen LogP) is 2.93. The molecule has 1 aliphatic rings. The van der Waals surface area contributed by atoms with Crippen LogP contribution in [0.4, 0.5) is 22.0 Å². The van der Waals surface area contributed by atoms with Crippen LogP contribution in [0.2, 0.25) is 0 Å². The van der Waals surface area contributed by atoms with Gasteiger partial charge in [-0.2, -0.15) is 9.41 Å². The van der Waals surface area contributed by atoms with Gasteiger partial charge in [-0.15, -0.1) is 0 Å². The molecule has 0 radical (unpaired) electrons. The van der Waals surface area contributed by atoms with Crippen molar-refractivity contribution in [1.29, 1.82) is 0 Å². The lowest BCUT2D eigenvalue weighted by atomic mass is 10.2. The van der Waals surface area contributed by atoms with Gasteiger partial charge in [0.05, 0.1) is 16.7 Å². The summed E-state index contributed by atoms with van der Waals surface area (Å²) in [5.74, 6) is -11.8. The van der Waals surface area contributed by atoms with E-state index < -0.39 is 50.6 Å². The normalized spacial score (nSPS) is 15.1. The number of hydrazone groups is 1. The van der Waals surface area contributed by atoms with Crippen LogP contribution in [-0.2, 0) is 10.0 Å². The van der Waals surface area contributed by atoms with Crippen molar-refractivity contribution in [3.63, 3.8) is 0 Å². The molecular weight excluding hydrogens is 433 g/mol. The summed E-state index contributed by atoms with van der Waals surface area (Å²) in [6, 6.07) is 5.00. The maximum Gasteiger partial charge on any atom is 0.271 e. The number of hydrogen-bond acceptors (Lipinski definition) is 4. The molecule has 6 nitrogen and oxygen atoms in total. The second kappa shape index (κ2) is 8.48. The molecular formula is C18H14F5N3O3S. The van der Waals surface area contributed by atoms with E-state index in [1.807, 2.05) is 5.43 Å². The molecule has 0 aliphatic carbocycles. The first-order chi connectivity index (χ1) is 14.1. The quantitative estimate of drug-likeness (QED) is 0.252. The Kier molecular flexibility index (Phi) is 6.17. The number of carbonyl (C=O) groups is 1. The van der Waals surface area contributed by atoms with E-state index in [0.29, 0.717) is 13.1 Å². The van der Waals surface area contributed by atoms with Gasteiger partial charge < -0.3 is 0 Å². The summed E-state index contributed by atoms with van der Waals surface area (Å²) in [6.45, 7) is 0.732. The highest BCUT2D eigenvalue weighted by Gasteiger charge is 2.28. The van der Waals surface area contributed by atoms with Gasteiger partial charge in [0.15, 0.2) is 23.3 Å². The molecule has 0 spiro atoms. The van der Waals surface area contributed by atoms with Crippen molar-refractivity contribution in [2.24, 2.45) is 5.10 Å². The van der Waals surface area contributed by atoms with Gasteiger partial charge in [-0.1, -0.05) is 6.07 Å². The zero-order chi connectivity index (χ0) is 22.1. The van der Waals surface area contributed by atoms with Gasteiger partial charge in [-0.25, -0.2) is 35.8 Å². The second-order valence-corrected chi connectivity index (χ2v) is 8.26. The van der Waals surface area contributed by atoms with Gasteiger partial charge in [-0.05, 0) is 31.0 Å². The van der Waals surface area contributed by atoms with Gasteiger partial charge >= 0.3 is 0 Å². The average molecular weight is 447 g/mol. The van der Waals surface area contributed by atoms with Crippen LogP contribution in [0.3, 0.4) is 0 Å². The first-order valence-corrected chi connectivity index (χ1v) is 10.0. The van der Waals surface area contributed by atoms with Crippen molar-refractivity contribution < 1.29 is 35.2 Å². The van der Waals surface area contributed by atoms with Gasteiger partial charge in [0.1, 0.15) is 0 Å². The Morgan fingerprint density at radius 1 is 0.967 bits per heavy atom. The summed E-state index contributed by atoms with van der Waals surface area (Å²) in [4.78, 5) is 12.0. The molecule has 160 valence electrons. The van der Waals surface area contributed by atoms with Crippen molar-refractivity contribution in [2.75, 3.05) is 13.1 Å². The van der Waals surface area contributed by atoms with Crippen LogP contribution < -0.4 is 5.43 Å². The zero-order valence-corrected chi connectivity index (χ0v) is 15.9. The lowest BCUT2D eigenvalue weighted by Crippen LogP contribution is -2.28. The number of nitrogens with one attached hydrogen (secondary N) is 1. The van der Waals surface area contributed by atoms with Crippen LogP contribution in [0.15, 0.2) is 34.3 Å². The SMILES string of the molecule is O=C(NN=Cc1c(F)c(F)c(F)c(F)c1F)c1cccc(S(=O)(=O)N2CCCC2)c1. The number of hydrogen-bond donors (Lipinski definition) is 1. The largest absolute Gasteiger partial charge is 0.271 e. The second-order valence-electron chi connectivity index (χ2n) is 6.32. The molecule has 2 aromatic carbocycles. The molecule has 3 rings (SSSR count). The van der Waals surface area contributed by atoms with Crippen molar-refractivity contribution in [2.45, 2.75) is 17.7 Å². The Bertz CT molecular complexity index is 1100. The van der Waals surface area contributed by atoms with Crippen molar-refractivity contribution in [1.82, 2.24) is 9.73 Å². The molecule has 1 amide bonds. The third-order valence-electron chi connectivity index (χ3n) is 4.40. The van der Waals surface area contributed by atoms with E-state index in [1.54, 1.807) is 0 Å². The van der Waals surface area contributed by atoms with Crippen LogP contribution in [0.1, 0.15) is 28.8 Å². The molecule has 1 N–H and O–H groups in total. The summed E-state index contributed by atoms with van der Waals surface area (Å²) in [5.41, 5.74) is 0.383. The fraction of sp³-hybridized carbons (Fsp3) is 0.222. The van der Waals surface area contributed by atoms with E-state index >= 15 is 0 Å². The number of benzene rings is 2. The maximum absolute atomic E-state index is 13.6. The van der Waals surface area contributed by atoms with Crippen LogP contribution in [0.5, 0.6) is 0 Å². The predicted molar refractivity (Wildman–Crippen MR) is 95.7 cm³/mol. The first kappa shape index (κ1) is 21.8. The standard InChI is InChI=1S/C18H14F5N3O3S/c19-13-12(14(20)16(22)17(23)15(13)21)9-24-25-18(27)10-4-3-5-11(8-10)30(28,29)26-6-1-2-7-26/h3-5,8-9H,1-2,6-7H2,(H,25,27). The smallest absolute Gasteiger partial charge is 0.267 e. The molecule has 1 fully saturated rings. The van der Waals surface area contributed by atoms with Crippen LogP contribution in [0.25, 0.3) is 0 Å². The summed E-state index contributed by atoms with van der Waals surface area (Å²) >= 11 is 0. The van der Waals surface area contributed by atoms with Crippen molar-refractivity contribution >= 4 is 22.1 Å². The number of nitrogens with zero attached hydrogens (tertiary/aromatic N) is 2. The Balaban J connectivity index is 1.80. The molecule has 1 aliphatic heterocycles. The molecule has 0 unspecified atom stereocenters. The molecule has 0 bridgehead atoms. The lowest BCUT2D eigenvalue weighted by Gasteiger charge is -2.15. The van der Waals surface area contributed by atoms with Crippen molar-refractivity contribution in [3.05, 3.63) is 64.5 Å². The molecule has 2 aromatic rings. The topological polar surface area (TPSA) is 78.8 Å². The minimum atomic E-state index is -3.79. The summed E-state index contributed by atoms with van der Waals surface area (Å²) in [7, 11) is -3.79. The van der Waals surface area contributed by atoms with Crippen LogP contribution in [0, 0.1) is 29.1 Å². The highest BCUT2D eigenvalue weighted by Crippen LogP contribution is 2.22. The van der Waals surface area contributed by atoms with Crippen LogP contribution >= 0.6 is 0 Å². The number of amides is 1. The maximum atomic E-state index is 13.6. The number of carbonyl (C=O) groups excluding carboxylic acids is 1. The van der Waals surface area contributed by atoms with Gasteiger partial charge in [-0.3, -0.25) is 4.79 Å². The monoisotopic (exact) mass is 447 g/mol. The average Bonchev–Trinajstić information content (AvgIpc) is 3.29. The minimum Gasteiger partial charge on any atom is -0.267 e. The van der Waals surface area contributed by atoms with E-state index in [4.69, 9.17) is 0 Å². The van der Waals surface area contributed by atoms with Gasteiger partial charge in [0.25, 0.3) is 5.91 Å². The highest BCUT2D eigenvalue weighted by atomic mass is 32.2. The zero-order valence-electron chi connectivity index (χ0n) is 15.1. The van der Waals surface area contributed by atoms with E-state index in [0.717, 1.165) is 18.9 Å².